The lowest BCUT2D eigenvalue weighted by molar-refractivity contribution is -0.138. The summed E-state index contributed by atoms with van der Waals surface area (Å²) in [5.41, 5.74) is 7.40. The van der Waals surface area contributed by atoms with Crippen molar-refractivity contribution < 1.29 is 9.53 Å². The Balaban J connectivity index is 1.69. The first-order chi connectivity index (χ1) is 9.74. The smallest absolute Gasteiger partial charge is 0.246 e. The standard InChI is InChI=1S/C16H20N2O2/c17-13-4-1-3-12(11-13)7-8-16(19)18-9-10-20-15-6-2-5-14(15)18/h1,3-4,7-8,11,14-15H,2,5-6,9-10,17H2/b8-7+. The van der Waals surface area contributed by atoms with E-state index in [1.807, 2.05) is 35.2 Å². The molecule has 2 fully saturated rings. The Morgan fingerprint density at radius 1 is 1.40 bits per heavy atom. The Labute approximate surface area is 119 Å². The van der Waals surface area contributed by atoms with Gasteiger partial charge in [0.15, 0.2) is 0 Å². The monoisotopic (exact) mass is 272 g/mol. The van der Waals surface area contributed by atoms with Gasteiger partial charge in [-0.15, -0.1) is 0 Å². The molecule has 2 aliphatic rings. The Bertz CT molecular complexity index is 527. The van der Waals surface area contributed by atoms with Crippen molar-refractivity contribution in [1.82, 2.24) is 4.90 Å². The number of morpholine rings is 1. The molecule has 2 unspecified atom stereocenters. The molecular weight excluding hydrogens is 252 g/mol. The van der Waals surface area contributed by atoms with Gasteiger partial charge in [0.05, 0.1) is 18.8 Å². The average molecular weight is 272 g/mol. The lowest BCUT2D eigenvalue weighted by Crippen LogP contribution is -2.50. The molecule has 1 aliphatic carbocycles. The highest BCUT2D eigenvalue weighted by atomic mass is 16.5. The quantitative estimate of drug-likeness (QED) is 0.662. The van der Waals surface area contributed by atoms with E-state index in [0.717, 1.165) is 24.8 Å². The van der Waals surface area contributed by atoms with E-state index in [2.05, 4.69) is 0 Å². The van der Waals surface area contributed by atoms with E-state index in [-0.39, 0.29) is 18.1 Å². The van der Waals surface area contributed by atoms with Crippen LogP contribution in [0.15, 0.2) is 30.3 Å². The Kier molecular flexibility index (Phi) is 3.74. The molecular formula is C16H20N2O2. The fourth-order valence-electron chi connectivity index (χ4n) is 3.13. The zero-order valence-electron chi connectivity index (χ0n) is 11.5. The average Bonchev–Trinajstić information content (AvgIpc) is 2.93. The third kappa shape index (κ3) is 2.70. The number of anilines is 1. The molecule has 106 valence electrons. The second-order valence-electron chi connectivity index (χ2n) is 5.44. The van der Waals surface area contributed by atoms with Gasteiger partial charge in [-0.3, -0.25) is 4.79 Å². The zero-order chi connectivity index (χ0) is 13.9. The molecule has 1 heterocycles. The maximum Gasteiger partial charge on any atom is 0.246 e. The van der Waals surface area contributed by atoms with Crippen molar-refractivity contribution in [2.24, 2.45) is 0 Å². The number of nitrogens with two attached hydrogens (primary N) is 1. The van der Waals surface area contributed by atoms with Gasteiger partial charge < -0.3 is 15.4 Å². The van der Waals surface area contributed by atoms with Gasteiger partial charge in [-0.2, -0.15) is 0 Å². The van der Waals surface area contributed by atoms with Crippen LogP contribution < -0.4 is 5.73 Å². The van der Waals surface area contributed by atoms with Gasteiger partial charge in [0.25, 0.3) is 0 Å². The van der Waals surface area contributed by atoms with E-state index in [0.29, 0.717) is 18.8 Å². The van der Waals surface area contributed by atoms with Crippen molar-refractivity contribution in [2.75, 3.05) is 18.9 Å². The van der Waals surface area contributed by atoms with E-state index in [1.54, 1.807) is 6.08 Å². The number of nitrogen functional groups attached to an aromatic ring is 1. The molecule has 0 radical (unpaired) electrons. The number of nitrogens with zero attached hydrogens (tertiary/aromatic N) is 1. The summed E-state index contributed by atoms with van der Waals surface area (Å²) in [6.07, 6.45) is 7.01. The third-order valence-electron chi connectivity index (χ3n) is 4.09. The van der Waals surface area contributed by atoms with Gasteiger partial charge >= 0.3 is 0 Å². The van der Waals surface area contributed by atoms with Crippen LogP contribution in [-0.2, 0) is 9.53 Å². The highest BCUT2D eigenvalue weighted by Crippen LogP contribution is 2.29. The number of hydrogen-bond acceptors (Lipinski definition) is 3. The van der Waals surface area contributed by atoms with E-state index < -0.39 is 0 Å². The third-order valence-corrected chi connectivity index (χ3v) is 4.09. The number of hydrogen-bond donors (Lipinski definition) is 1. The summed E-state index contributed by atoms with van der Waals surface area (Å²) in [7, 11) is 0. The molecule has 2 atom stereocenters. The molecule has 1 aliphatic heterocycles. The molecule has 1 saturated heterocycles. The molecule has 0 bridgehead atoms. The first kappa shape index (κ1) is 13.2. The fourth-order valence-corrected chi connectivity index (χ4v) is 3.13. The molecule has 0 aromatic heterocycles. The second-order valence-corrected chi connectivity index (χ2v) is 5.44. The van der Waals surface area contributed by atoms with Crippen molar-refractivity contribution in [2.45, 2.75) is 31.4 Å². The fraction of sp³-hybridized carbons (Fsp3) is 0.438. The lowest BCUT2D eigenvalue weighted by Gasteiger charge is -2.37. The summed E-state index contributed by atoms with van der Waals surface area (Å²) >= 11 is 0. The SMILES string of the molecule is Nc1cccc(/C=C/C(=O)N2CCOC3CCCC32)c1. The van der Waals surface area contributed by atoms with Crippen LogP contribution in [0.2, 0.25) is 0 Å². The van der Waals surface area contributed by atoms with E-state index >= 15 is 0 Å². The molecule has 1 saturated carbocycles. The van der Waals surface area contributed by atoms with E-state index in [9.17, 15) is 4.79 Å². The number of benzene rings is 1. The van der Waals surface area contributed by atoms with Crippen LogP contribution in [0.1, 0.15) is 24.8 Å². The normalized spacial score (nSPS) is 25.9. The van der Waals surface area contributed by atoms with Crippen LogP contribution in [0.3, 0.4) is 0 Å². The Morgan fingerprint density at radius 2 is 2.30 bits per heavy atom. The number of carbonyl (C=O) groups is 1. The molecule has 1 amide bonds. The topological polar surface area (TPSA) is 55.6 Å². The van der Waals surface area contributed by atoms with E-state index in [4.69, 9.17) is 10.5 Å². The molecule has 4 heteroatoms. The number of ether oxygens (including phenoxy) is 1. The molecule has 4 nitrogen and oxygen atoms in total. The van der Waals surface area contributed by atoms with Crippen molar-refractivity contribution in [3.8, 4) is 0 Å². The minimum Gasteiger partial charge on any atom is -0.399 e. The minimum absolute atomic E-state index is 0.0765. The first-order valence-corrected chi connectivity index (χ1v) is 7.20. The van der Waals surface area contributed by atoms with Crippen LogP contribution in [0.4, 0.5) is 5.69 Å². The molecule has 20 heavy (non-hydrogen) atoms. The van der Waals surface area contributed by atoms with E-state index in [1.165, 1.54) is 0 Å². The van der Waals surface area contributed by atoms with Gasteiger partial charge in [0.2, 0.25) is 5.91 Å². The van der Waals surface area contributed by atoms with Gasteiger partial charge in [0, 0.05) is 18.3 Å². The maximum atomic E-state index is 12.4. The summed E-state index contributed by atoms with van der Waals surface area (Å²) in [5, 5.41) is 0. The number of amides is 1. The second kappa shape index (κ2) is 5.67. The molecule has 1 aromatic rings. The van der Waals surface area contributed by atoms with Crippen LogP contribution in [0.25, 0.3) is 6.08 Å². The number of fused-ring (bicyclic) bond motifs is 1. The summed E-state index contributed by atoms with van der Waals surface area (Å²) in [6, 6.07) is 7.80. The van der Waals surface area contributed by atoms with Crippen molar-refractivity contribution in [3.63, 3.8) is 0 Å². The predicted octanol–water partition coefficient (Wildman–Crippen LogP) is 2.06. The highest BCUT2D eigenvalue weighted by Gasteiger charge is 2.37. The number of carbonyl (C=O) groups excluding carboxylic acids is 1. The predicted molar refractivity (Wildman–Crippen MR) is 79.0 cm³/mol. The van der Waals surface area contributed by atoms with Gasteiger partial charge in [-0.05, 0) is 43.0 Å². The summed E-state index contributed by atoms with van der Waals surface area (Å²) in [5.74, 6) is 0.0765. The van der Waals surface area contributed by atoms with Crippen LogP contribution in [-0.4, -0.2) is 36.1 Å². The molecule has 1 aromatic carbocycles. The lowest BCUT2D eigenvalue weighted by atomic mass is 10.1. The highest BCUT2D eigenvalue weighted by molar-refractivity contribution is 5.92. The van der Waals surface area contributed by atoms with Crippen molar-refractivity contribution >= 4 is 17.7 Å². The van der Waals surface area contributed by atoms with Crippen molar-refractivity contribution in [3.05, 3.63) is 35.9 Å². The van der Waals surface area contributed by atoms with Crippen LogP contribution in [0.5, 0.6) is 0 Å². The molecule has 3 rings (SSSR count). The minimum atomic E-state index is 0.0765. The molecule has 2 N–H and O–H groups in total. The summed E-state index contributed by atoms with van der Waals surface area (Å²) < 4.78 is 5.73. The Hall–Kier alpha value is -1.81. The van der Waals surface area contributed by atoms with Gasteiger partial charge in [-0.1, -0.05) is 12.1 Å². The number of rotatable bonds is 2. The van der Waals surface area contributed by atoms with Crippen molar-refractivity contribution in [1.29, 1.82) is 0 Å². The summed E-state index contributed by atoms with van der Waals surface area (Å²) in [4.78, 5) is 14.3. The van der Waals surface area contributed by atoms with Crippen LogP contribution >= 0.6 is 0 Å². The largest absolute Gasteiger partial charge is 0.399 e. The molecule has 0 spiro atoms. The van der Waals surface area contributed by atoms with Gasteiger partial charge in [0.1, 0.15) is 0 Å². The Morgan fingerprint density at radius 3 is 3.15 bits per heavy atom. The van der Waals surface area contributed by atoms with Gasteiger partial charge in [-0.25, -0.2) is 0 Å². The van der Waals surface area contributed by atoms with Crippen LogP contribution in [0, 0.1) is 0 Å². The first-order valence-electron chi connectivity index (χ1n) is 7.20. The maximum absolute atomic E-state index is 12.4. The summed E-state index contributed by atoms with van der Waals surface area (Å²) in [6.45, 7) is 1.35. The zero-order valence-corrected chi connectivity index (χ0v) is 11.5.